The fourth-order valence-electron chi connectivity index (χ4n) is 3.71. The summed E-state index contributed by atoms with van der Waals surface area (Å²) in [5.74, 6) is -1.38. The van der Waals surface area contributed by atoms with Gasteiger partial charge in [-0.25, -0.2) is 0 Å². The molecule has 0 saturated carbocycles. The van der Waals surface area contributed by atoms with Gasteiger partial charge in [-0.2, -0.15) is 0 Å². The number of benzene rings is 2. The lowest BCUT2D eigenvalue weighted by Crippen LogP contribution is -2.40. The number of rotatable bonds is 2. The fourth-order valence-corrected chi connectivity index (χ4v) is 3.93. The van der Waals surface area contributed by atoms with Crippen LogP contribution in [0.5, 0.6) is 11.5 Å². The molecule has 6 nitrogen and oxygen atoms in total. The number of phenols is 2. The van der Waals surface area contributed by atoms with Gasteiger partial charge in [-0.1, -0.05) is 23.7 Å². The molecule has 0 spiro atoms. The van der Waals surface area contributed by atoms with Crippen LogP contribution in [0.4, 0.5) is 0 Å². The zero-order valence-corrected chi connectivity index (χ0v) is 15.8. The highest BCUT2D eigenvalue weighted by atomic mass is 35.5. The highest BCUT2D eigenvalue weighted by Gasteiger charge is 2.33. The van der Waals surface area contributed by atoms with E-state index in [2.05, 4.69) is 0 Å². The van der Waals surface area contributed by atoms with Gasteiger partial charge >= 0.3 is 0 Å². The summed E-state index contributed by atoms with van der Waals surface area (Å²) in [5, 5.41) is 31.8. The molecule has 0 bridgehead atoms. The molecule has 1 aliphatic heterocycles. The fraction of sp³-hybridized carbons (Fsp3) is 0.286. The van der Waals surface area contributed by atoms with Gasteiger partial charge in [0.05, 0.1) is 11.1 Å². The number of aliphatic hydroxyl groups is 1. The Labute approximate surface area is 167 Å². The van der Waals surface area contributed by atoms with E-state index in [-0.39, 0.29) is 28.0 Å². The first-order valence-corrected chi connectivity index (χ1v) is 9.22. The molecule has 1 saturated heterocycles. The van der Waals surface area contributed by atoms with E-state index in [9.17, 15) is 20.1 Å². The SMILES string of the molecule is [2H]C1CN(C)C[C@@H](O)[C@H]1c1c(O)cc(O)c2c(=O)cc(-c3ccccc3Cl)oc12. The number of likely N-dealkylation sites (tertiary alicyclic amines) is 1. The van der Waals surface area contributed by atoms with E-state index in [1.807, 2.05) is 4.90 Å². The number of halogens is 1. The number of aromatic hydroxyl groups is 2. The third-order valence-electron chi connectivity index (χ3n) is 5.05. The second kappa shape index (κ2) is 7.13. The van der Waals surface area contributed by atoms with Crippen LogP contribution in [0, 0.1) is 0 Å². The van der Waals surface area contributed by atoms with Crippen molar-refractivity contribution in [2.24, 2.45) is 0 Å². The zero-order chi connectivity index (χ0) is 20.9. The highest BCUT2D eigenvalue weighted by molar-refractivity contribution is 6.33. The maximum atomic E-state index is 12.8. The summed E-state index contributed by atoms with van der Waals surface area (Å²) in [5.41, 5.74) is 0.0670. The maximum absolute atomic E-state index is 12.8. The maximum Gasteiger partial charge on any atom is 0.197 e. The van der Waals surface area contributed by atoms with E-state index in [0.717, 1.165) is 6.07 Å². The predicted molar refractivity (Wildman–Crippen MR) is 107 cm³/mol. The molecule has 0 radical (unpaired) electrons. The van der Waals surface area contributed by atoms with Crippen molar-refractivity contribution in [2.45, 2.75) is 18.4 Å². The van der Waals surface area contributed by atoms with Gasteiger partial charge in [-0.05, 0) is 32.1 Å². The van der Waals surface area contributed by atoms with E-state index in [1.165, 1.54) is 6.07 Å². The minimum absolute atomic E-state index is 0.0456. The quantitative estimate of drug-likeness (QED) is 0.609. The number of piperidine rings is 1. The largest absolute Gasteiger partial charge is 0.507 e. The molecule has 1 aromatic heterocycles. The molecule has 2 heterocycles. The Kier molecular flexibility index (Phi) is 4.47. The van der Waals surface area contributed by atoms with Gasteiger partial charge in [0.1, 0.15) is 28.2 Å². The monoisotopic (exact) mass is 402 g/mol. The molecule has 1 aliphatic rings. The molecule has 4 rings (SSSR count). The summed E-state index contributed by atoms with van der Waals surface area (Å²) in [6.45, 7) is 0.675. The number of phenolic OH excluding ortho intramolecular Hbond substituents is 2. The van der Waals surface area contributed by atoms with Crippen molar-refractivity contribution in [3.05, 3.63) is 57.2 Å². The van der Waals surface area contributed by atoms with Crippen molar-refractivity contribution in [1.82, 2.24) is 4.90 Å². The number of hydrogen-bond acceptors (Lipinski definition) is 6. The lowest BCUT2D eigenvalue weighted by molar-refractivity contribution is 0.0630. The van der Waals surface area contributed by atoms with Gasteiger partial charge in [-0.15, -0.1) is 0 Å². The topological polar surface area (TPSA) is 94.1 Å². The Hall–Kier alpha value is -2.54. The molecule has 1 unspecified atom stereocenters. The average molecular weight is 403 g/mol. The first-order valence-electron chi connectivity index (χ1n) is 9.42. The average Bonchev–Trinajstić information content (AvgIpc) is 2.63. The first kappa shape index (κ1) is 17.6. The summed E-state index contributed by atoms with van der Waals surface area (Å²) >= 11 is 6.24. The summed E-state index contributed by atoms with van der Waals surface area (Å²) in [6, 6.07) is 9.12. The van der Waals surface area contributed by atoms with Crippen LogP contribution in [0.25, 0.3) is 22.3 Å². The minimum atomic E-state index is -0.954. The summed E-state index contributed by atoms with van der Waals surface area (Å²) in [7, 11) is 1.80. The number of nitrogens with zero attached hydrogens (tertiary/aromatic N) is 1. The summed E-state index contributed by atoms with van der Waals surface area (Å²) in [4.78, 5) is 14.6. The van der Waals surface area contributed by atoms with Crippen LogP contribution in [0.1, 0.15) is 19.2 Å². The number of aliphatic hydroxyl groups excluding tert-OH is 1. The summed E-state index contributed by atoms with van der Waals surface area (Å²) < 4.78 is 14.4. The second-order valence-electron chi connectivity index (χ2n) is 7.04. The molecule has 0 aliphatic carbocycles. The summed E-state index contributed by atoms with van der Waals surface area (Å²) in [6.07, 6.45) is -1.72. The van der Waals surface area contributed by atoms with Crippen LogP contribution in [-0.2, 0) is 0 Å². The molecule has 7 heteroatoms. The molecule has 28 heavy (non-hydrogen) atoms. The van der Waals surface area contributed by atoms with Gasteiger partial charge in [0, 0.05) is 37.1 Å². The molecule has 3 N–H and O–H groups in total. The minimum Gasteiger partial charge on any atom is -0.507 e. The molecule has 2 aromatic carbocycles. The smallest absolute Gasteiger partial charge is 0.197 e. The van der Waals surface area contributed by atoms with E-state index in [1.54, 1.807) is 31.3 Å². The van der Waals surface area contributed by atoms with Gasteiger partial charge < -0.3 is 24.6 Å². The Morgan fingerprint density at radius 1 is 1.25 bits per heavy atom. The Balaban J connectivity index is 2.02. The third kappa shape index (κ3) is 3.13. The molecular formula is C21H20ClNO5. The Morgan fingerprint density at radius 2 is 2.00 bits per heavy atom. The van der Waals surface area contributed by atoms with Crippen molar-refractivity contribution in [1.29, 1.82) is 0 Å². The first-order chi connectivity index (χ1) is 13.8. The second-order valence-corrected chi connectivity index (χ2v) is 7.44. The molecule has 0 amide bonds. The van der Waals surface area contributed by atoms with Crippen molar-refractivity contribution in [3.8, 4) is 22.8 Å². The number of hydrogen-bond donors (Lipinski definition) is 3. The van der Waals surface area contributed by atoms with Gasteiger partial charge in [-0.3, -0.25) is 4.79 Å². The van der Waals surface area contributed by atoms with E-state index in [4.69, 9.17) is 17.4 Å². The van der Waals surface area contributed by atoms with Crippen molar-refractivity contribution >= 4 is 22.6 Å². The number of β-amino-alcohol motifs (C(OH)–C–C–N with tert-alkyl or cyclic N) is 1. The third-order valence-corrected chi connectivity index (χ3v) is 5.38. The normalized spacial score (nSPS) is 23.7. The Bertz CT molecular complexity index is 1140. The van der Waals surface area contributed by atoms with Crippen LogP contribution >= 0.6 is 11.6 Å². The standard InChI is InChI=1S/C21H20ClNO5/c1-23-7-6-12(17(27)10-23)19-14(24)8-15(25)20-16(26)9-18(28-21(19)20)11-4-2-3-5-13(11)22/h2-5,8-9,12,17,24-25,27H,6-7,10H2,1H3/t12-,17+/m0/s1/i6D/t6?,12-,17+. The van der Waals surface area contributed by atoms with Crippen LogP contribution in [0.15, 0.2) is 45.6 Å². The lowest BCUT2D eigenvalue weighted by Gasteiger charge is -2.34. The number of fused-ring (bicyclic) bond motifs is 1. The van der Waals surface area contributed by atoms with Crippen molar-refractivity contribution in [2.75, 3.05) is 20.1 Å². The number of likely N-dealkylation sites (N-methyl/N-ethyl adjacent to an activating group) is 1. The van der Waals surface area contributed by atoms with E-state index in [0.29, 0.717) is 23.7 Å². The molecule has 3 atom stereocenters. The molecule has 146 valence electrons. The van der Waals surface area contributed by atoms with Gasteiger partial charge in [0.25, 0.3) is 0 Å². The van der Waals surface area contributed by atoms with Crippen molar-refractivity contribution < 1.29 is 21.1 Å². The van der Waals surface area contributed by atoms with Gasteiger partial charge in [0.2, 0.25) is 0 Å². The highest BCUT2D eigenvalue weighted by Crippen LogP contribution is 2.42. The molecule has 1 fully saturated rings. The van der Waals surface area contributed by atoms with Crippen molar-refractivity contribution in [3.63, 3.8) is 0 Å². The van der Waals surface area contributed by atoms with Gasteiger partial charge in [0.15, 0.2) is 5.43 Å². The Morgan fingerprint density at radius 3 is 2.71 bits per heavy atom. The predicted octanol–water partition coefficient (Wildman–Crippen LogP) is 3.30. The molecule has 3 aromatic rings. The van der Waals surface area contributed by atoms with Crippen LogP contribution < -0.4 is 5.43 Å². The van der Waals surface area contributed by atoms with E-state index < -0.39 is 29.6 Å². The van der Waals surface area contributed by atoms with E-state index >= 15 is 0 Å². The zero-order valence-electron chi connectivity index (χ0n) is 16.1. The van der Waals surface area contributed by atoms with Crippen LogP contribution in [0.3, 0.4) is 0 Å². The molecular weight excluding hydrogens is 382 g/mol. The lowest BCUT2D eigenvalue weighted by atomic mass is 9.85. The van der Waals surface area contributed by atoms with Crippen LogP contribution in [0.2, 0.25) is 5.02 Å². The van der Waals surface area contributed by atoms with Crippen LogP contribution in [-0.4, -0.2) is 46.5 Å².